The quantitative estimate of drug-likeness (QED) is 0.0948. The van der Waals surface area contributed by atoms with Crippen LogP contribution in [0.15, 0.2) is 0 Å². The van der Waals surface area contributed by atoms with Crippen molar-refractivity contribution in [1.82, 2.24) is 0 Å². The molecule has 0 N–H and O–H groups in total. The van der Waals surface area contributed by atoms with Gasteiger partial charge in [0.15, 0.2) is 0 Å². The average Bonchev–Trinajstić information content (AvgIpc) is 3.13. The highest BCUT2D eigenvalue weighted by molar-refractivity contribution is 6.70. The summed E-state index contributed by atoms with van der Waals surface area (Å²) in [5.41, 5.74) is 0. The SMILES string of the molecule is FC(F)(F)C(F)(F)C(F)(F)C(F)(F)C(F)(F)C(F)(F)C(F)([SiH](C(F)(C(F)(F)F)C(F)(F)C(F)(F)C(F)(F)C(F)(F)C(F)(F)C(F)(F)F)C(F)(C(F)(F)F)C(F)(F)C(F)(F)C(F)(F)C(F)(F)C(F)(F)C(F)(F)F)C(F)(F)F. The third kappa shape index (κ3) is 8.26. The van der Waals surface area contributed by atoms with Gasteiger partial charge in [-0.15, -0.1) is 0 Å². The largest absolute Gasteiger partial charge is 0.460 e. The fraction of sp³-hybridized carbons (Fsp3) is 1.00. The monoisotopic (exact) mass is 1290 g/mol. The molecule has 3 unspecified atom stereocenters. The predicted octanol–water partition coefficient (Wildman–Crippen LogP) is 15.9. The molecule has 0 saturated heterocycles. The van der Waals surface area contributed by atoms with E-state index in [0.29, 0.717) is 0 Å². The molecule has 0 spiro atoms. The molecule has 0 amide bonds. The van der Waals surface area contributed by atoms with Gasteiger partial charge in [-0.05, 0) is 0 Å². The molecule has 0 aliphatic rings. The molecule has 0 bridgehead atoms. The Morgan fingerprint density at radius 3 is 0.289 bits per heavy atom. The van der Waals surface area contributed by atoms with E-state index in [1.807, 2.05) is 0 Å². The topological polar surface area (TPSA) is 0 Å². The smallest absolute Gasteiger partial charge is 0.231 e. The minimum Gasteiger partial charge on any atom is -0.231 e. The van der Waals surface area contributed by atoms with Gasteiger partial charge in [0.05, 0.1) is 0 Å². The van der Waals surface area contributed by atoms with Crippen LogP contribution in [-0.2, 0) is 0 Å². The molecule has 3 atom stereocenters. The minimum absolute atomic E-state index is 9.15. The second-order valence-corrected chi connectivity index (χ2v) is 17.4. The molecule has 0 aromatic heterocycles. The van der Waals surface area contributed by atoms with Gasteiger partial charge in [-0.1, -0.05) is 0 Å². The van der Waals surface area contributed by atoms with Crippen molar-refractivity contribution in [2.24, 2.45) is 0 Å². The molecule has 0 aromatic rings. The van der Waals surface area contributed by atoms with E-state index >= 15 is 39.5 Å². The number of hydrogen-bond acceptors (Lipinski definition) is 0. The Bertz CT molecular complexity index is 1840. The minimum atomic E-state index is -14.6. The van der Waals surface area contributed by atoms with E-state index in [9.17, 15) is 184 Å². The Morgan fingerprint density at radius 1 is 0.105 bits per heavy atom. The lowest BCUT2D eigenvalue weighted by atomic mass is 9.90. The zero-order valence-electron chi connectivity index (χ0n) is 31.9. The van der Waals surface area contributed by atoms with Gasteiger partial charge in [-0.25, -0.2) is 13.2 Å². The van der Waals surface area contributed by atoms with Crippen LogP contribution in [-0.4, -0.2) is 151 Å². The van der Waals surface area contributed by atoms with Crippen molar-refractivity contribution in [2.75, 3.05) is 0 Å². The van der Waals surface area contributed by atoms with Crippen LogP contribution < -0.4 is 0 Å². The van der Waals surface area contributed by atoms with Gasteiger partial charge in [0.25, 0.3) is 15.9 Å². The first kappa shape index (κ1) is 72.6. The molecule has 0 aliphatic heterocycles. The fourth-order valence-corrected chi connectivity index (χ4v) is 9.64. The molecule has 52 heteroatoms. The van der Waals surface area contributed by atoms with Crippen molar-refractivity contribution in [1.29, 1.82) is 0 Å². The highest BCUT2D eigenvalue weighted by Crippen LogP contribution is 2.74. The molecule has 458 valence electrons. The molecule has 0 heterocycles. The summed E-state index contributed by atoms with van der Waals surface area (Å²) in [5, 5.41) is -37.3. The normalized spacial score (nSPS) is 19.8. The fourth-order valence-electron chi connectivity index (χ4n) is 5.39. The predicted molar refractivity (Wildman–Crippen MR) is 129 cm³/mol. The van der Waals surface area contributed by atoms with Crippen molar-refractivity contribution in [3.05, 3.63) is 0 Å². The lowest BCUT2D eigenvalue weighted by Gasteiger charge is -2.56. The highest BCUT2D eigenvalue weighted by Gasteiger charge is 3.08. The molecule has 0 fully saturated rings. The van der Waals surface area contributed by atoms with E-state index in [-0.39, 0.29) is 0 Å². The maximum atomic E-state index is 16.2. The summed E-state index contributed by atoms with van der Waals surface area (Å²) >= 11 is 0. The van der Waals surface area contributed by atoms with Gasteiger partial charge >= 0.3 is 126 Å². The second-order valence-electron chi connectivity index (χ2n) is 14.2. The zero-order chi connectivity index (χ0) is 63.6. The molecule has 0 rings (SSSR count). The first-order chi connectivity index (χ1) is 31.6. The average molecular weight is 1290 g/mol. The van der Waals surface area contributed by atoms with E-state index < -0.39 is 151 Å². The maximum Gasteiger partial charge on any atom is 0.460 e. The van der Waals surface area contributed by atoms with Crippen LogP contribution >= 0.6 is 0 Å². The van der Waals surface area contributed by atoms with Crippen molar-refractivity contribution in [3.63, 3.8) is 0 Å². The first-order valence-corrected chi connectivity index (χ1v) is 17.5. The van der Waals surface area contributed by atoms with E-state index in [0.717, 1.165) is 0 Å². The van der Waals surface area contributed by atoms with Crippen LogP contribution in [0, 0.1) is 0 Å². The summed E-state index contributed by atoms with van der Waals surface area (Å²) in [6.07, 6.45) is -61.4. The molecule has 0 saturated carbocycles. The van der Waals surface area contributed by atoms with Gasteiger partial charge in [0, 0.05) is 0 Å². The van der Waals surface area contributed by atoms with Crippen molar-refractivity contribution < 1.29 is 224 Å². The second kappa shape index (κ2) is 17.3. The van der Waals surface area contributed by atoms with Crippen molar-refractivity contribution in [2.45, 2.75) is 142 Å². The summed E-state index contributed by atoms with van der Waals surface area (Å²) in [6.45, 7) is 0. The molecule has 0 aromatic carbocycles. The number of rotatable bonds is 18. The lowest BCUT2D eigenvalue weighted by Crippen LogP contribution is -2.93. The Kier molecular flexibility index (Phi) is 16.6. The van der Waals surface area contributed by atoms with Gasteiger partial charge in [-0.3, -0.25) is 0 Å². The van der Waals surface area contributed by atoms with Crippen LogP contribution in [0.3, 0.4) is 0 Å². The summed E-state index contributed by atoms with van der Waals surface area (Å²) < 4.78 is 717. The Hall–Kier alpha value is -3.35. The number of alkyl halides is 51. The standard InChI is InChI=1S/C24HF51Si/c25-1(26,7(37,38)13(49,50)19(58,59)60)4(31,32)10(43,44)16(55,22(67,68)69)76(17(56,23(70,71)72)11(45,46)5(33,34)2(27,28)8(39,40)14(51,52)20(61,62)63)18(57,24(73,74)75)12(47,48)6(35,36)3(29,30)9(41,42)15(53,54)21(64,65)66/h76H. The molecule has 0 radical (unpaired) electrons. The number of halogens is 51. The maximum absolute atomic E-state index is 16.2. The van der Waals surface area contributed by atoms with Crippen LogP contribution in [0.2, 0.25) is 0 Å². The first-order valence-electron chi connectivity index (χ1n) is 15.8. The summed E-state index contributed by atoms with van der Waals surface area (Å²) in [4.78, 5) is 0. The van der Waals surface area contributed by atoms with Gasteiger partial charge in [0.1, 0.15) is 0 Å². The van der Waals surface area contributed by atoms with Crippen LogP contribution in [0.4, 0.5) is 224 Å². The summed E-state index contributed by atoms with van der Waals surface area (Å²) in [5.74, 6) is -165. The van der Waals surface area contributed by atoms with E-state index in [4.69, 9.17) is 0 Å². The Labute approximate surface area is 376 Å². The Morgan fingerprint density at radius 2 is 0.197 bits per heavy atom. The van der Waals surface area contributed by atoms with Gasteiger partial charge < -0.3 is 0 Å². The van der Waals surface area contributed by atoms with Crippen molar-refractivity contribution >= 4 is 8.80 Å². The molecular weight excluding hydrogens is 1290 g/mol. The highest BCUT2D eigenvalue weighted by atomic mass is 28.3. The van der Waals surface area contributed by atoms with Crippen LogP contribution in [0.1, 0.15) is 0 Å². The van der Waals surface area contributed by atoms with E-state index in [2.05, 4.69) is 0 Å². The molecule has 76 heavy (non-hydrogen) atoms. The van der Waals surface area contributed by atoms with Gasteiger partial charge in [-0.2, -0.15) is 211 Å². The molecule has 0 nitrogen and oxygen atoms in total. The summed E-state index contributed by atoms with van der Waals surface area (Å²) in [7, 11) is -14.6. The third-order valence-corrected chi connectivity index (χ3v) is 14.1. The van der Waals surface area contributed by atoms with E-state index in [1.54, 1.807) is 0 Å². The van der Waals surface area contributed by atoms with Crippen LogP contribution in [0.25, 0.3) is 0 Å². The summed E-state index contributed by atoms with van der Waals surface area (Å²) in [6, 6.07) is 0. The van der Waals surface area contributed by atoms with E-state index in [1.165, 1.54) is 0 Å². The van der Waals surface area contributed by atoms with Crippen LogP contribution in [0.5, 0.6) is 0 Å². The number of hydrogen-bond donors (Lipinski definition) is 0. The third-order valence-electron chi connectivity index (χ3n) is 9.60. The van der Waals surface area contributed by atoms with Gasteiger partial charge in [0.2, 0.25) is 8.80 Å². The Balaban J connectivity index is 11.0. The molecular formula is C24HF51Si. The molecule has 0 aliphatic carbocycles. The van der Waals surface area contributed by atoms with Crippen molar-refractivity contribution in [3.8, 4) is 0 Å². The zero-order valence-corrected chi connectivity index (χ0v) is 33.0. The lowest BCUT2D eigenvalue weighted by molar-refractivity contribution is -0.460.